The van der Waals surface area contributed by atoms with Crippen molar-refractivity contribution in [1.82, 2.24) is 41.7 Å². The summed E-state index contributed by atoms with van der Waals surface area (Å²) in [5.74, 6) is -0.124. The van der Waals surface area contributed by atoms with Gasteiger partial charge in [-0.15, -0.1) is 0 Å². The lowest BCUT2D eigenvalue weighted by atomic mass is 9.95. The molecule has 3 saturated heterocycles. The van der Waals surface area contributed by atoms with E-state index < -0.39 is 47.8 Å². The molecule has 5 aliphatic rings. The molecule has 1 aliphatic carbocycles. The SMILES string of the molecule is O=C(CN1CCC(N2CCSCC2)CC1)NC1CC(=O)NC(CC2=CNC3C=CC=CC=C23)C(=O)N[C@@H](Cc2ccccc2)C(=O)N[C@H](Cc2ccccc2)CNC1=O. The number of hydrogen-bond donors (Lipinski definition) is 6. The standard InChI is InChI=1S/C45H56N8O5S/c54-41-27-40(50-42(55)30-52-18-16-35(17-19-52)53-20-22-59-23-21-53)43(56)47-29-34(24-31-10-4-1-5-11-31)48-44(57)38(25-32-12-6-2-7-13-32)51-45(58)39(49-41)26-33-28-46-37-15-9-3-8-14-36(33)37/h1-15,28,34-35,37-40,46H,16-27,29-30H2,(H,47,56)(H,48,57)(H,49,54)(H,50,55)(H,51,58)/t34-,37?,38+,39?,40?/m1/s1. The second-order valence-electron chi connectivity index (χ2n) is 15.9. The van der Waals surface area contributed by atoms with Gasteiger partial charge in [-0.05, 0) is 41.5 Å². The van der Waals surface area contributed by atoms with E-state index in [0.717, 1.165) is 72.8 Å². The summed E-state index contributed by atoms with van der Waals surface area (Å²) in [6, 6.07) is 15.6. The molecule has 0 spiro atoms. The molecular formula is C45H56N8O5S. The summed E-state index contributed by atoms with van der Waals surface area (Å²) in [5.41, 5.74) is 3.57. The van der Waals surface area contributed by atoms with Gasteiger partial charge in [-0.3, -0.25) is 33.8 Å². The number of rotatable bonds is 10. The van der Waals surface area contributed by atoms with Crippen LogP contribution in [0.15, 0.2) is 108 Å². The maximum absolute atomic E-state index is 14.4. The molecule has 5 atom stereocenters. The first-order chi connectivity index (χ1) is 28.8. The van der Waals surface area contributed by atoms with Gasteiger partial charge in [0.2, 0.25) is 29.5 Å². The average Bonchev–Trinajstić information content (AvgIpc) is 3.46. The summed E-state index contributed by atoms with van der Waals surface area (Å²) >= 11 is 1.99. The number of hydrogen-bond acceptors (Lipinski definition) is 9. The summed E-state index contributed by atoms with van der Waals surface area (Å²) in [5, 5.41) is 18.1. The molecule has 3 fully saturated rings. The fraction of sp³-hybridized carbons (Fsp3) is 0.444. The summed E-state index contributed by atoms with van der Waals surface area (Å²) in [6.45, 7) is 3.89. The Kier molecular flexibility index (Phi) is 14.7. The number of carbonyl (C=O) groups is 5. The van der Waals surface area contributed by atoms with Crippen LogP contribution in [-0.2, 0) is 36.8 Å². The zero-order valence-electron chi connectivity index (χ0n) is 33.4. The maximum atomic E-state index is 14.4. The van der Waals surface area contributed by atoms with Crippen LogP contribution < -0.4 is 31.9 Å². The van der Waals surface area contributed by atoms with Crippen molar-refractivity contribution in [2.24, 2.45) is 0 Å². The highest BCUT2D eigenvalue weighted by molar-refractivity contribution is 7.99. The lowest BCUT2D eigenvalue weighted by molar-refractivity contribution is -0.135. The molecule has 4 heterocycles. The van der Waals surface area contributed by atoms with E-state index >= 15 is 0 Å². The molecule has 6 N–H and O–H groups in total. The van der Waals surface area contributed by atoms with Crippen LogP contribution in [0.4, 0.5) is 0 Å². The van der Waals surface area contributed by atoms with Crippen molar-refractivity contribution in [2.75, 3.05) is 50.8 Å². The topological polar surface area (TPSA) is 164 Å². The van der Waals surface area contributed by atoms with Crippen LogP contribution in [0.3, 0.4) is 0 Å². The van der Waals surface area contributed by atoms with Crippen LogP contribution in [0.2, 0.25) is 0 Å². The van der Waals surface area contributed by atoms with Crippen LogP contribution in [0.5, 0.6) is 0 Å². The van der Waals surface area contributed by atoms with Crippen molar-refractivity contribution >= 4 is 41.3 Å². The molecule has 59 heavy (non-hydrogen) atoms. The van der Waals surface area contributed by atoms with Crippen molar-refractivity contribution in [2.45, 2.75) is 74.8 Å². The molecule has 0 radical (unpaired) electrons. The number of piperidine rings is 1. The summed E-state index contributed by atoms with van der Waals surface area (Å²) < 4.78 is 0. The molecule has 0 aromatic heterocycles. The Bertz CT molecular complexity index is 1920. The number of carbonyl (C=O) groups excluding carboxylic acids is 5. The Morgan fingerprint density at radius 2 is 1.42 bits per heavy atom. The van der Waals surface area contributed by atoms with Crippen LogP contribution in [0.1, 0.15) is 36.8 Å². The van der Waals surface area contributed by atoms with Gasteiger partial charge in [0.15, 0.2) is 0 Å². The Morgan fingerprint density at radius 1 is 0.746 bits per heavy atom. The quantitative estimate of drug-likeness (QED) is 0.210. The van der Waals surface area contributed by atoms with Gasteiger partial charge in [-0.25, -0.2) is 0 Å². The number of amides is 5. The first-order valence-electron chi connectivity index (χ1n) is 20.9. The van der Waals surface area contributed by atoms with E-state index in [4.69, 9.17) is 0 Å². The molecule has 13 nitrogen and oxygen atoms in total. The maximum Gasteiger partial charge on any atom is 0.243 e. The molecule has 7 rings (SSSR count). The molecule has 2 aromatic carbocycles. The number of benzene rings is 2. The number of fused-ring (bicyclic) bond motifs is 1. The van der Waals surface area contributed by atoms with Crippen molar-refractivity contribution in [3.8, 4) is 0 Å². The van der Waals surface area contributed by atoms with Gasteiger partial charge in [0.25, 0.3) is 0 Å². The van der Waals surface area contributed by atoms with E-state index in [0.29, 0.717) is 12.5 Å². The molecule has 2 aromatic rings. The second kappa shape index (κ2) is 20.7. The predicted octanol–water partition coefficient (Wildman–Crippen LogP) is 1.74. The molecule has 0 bridgehead atoms. The van der Waals surface area contributed by atoms with Crippen molar-refractivity contribution in [1.29, 1.82) is 0 Å². The zero-order chi connectivity index (χ0) is 41.0. The largest absolute Gasteiger partial charge is 0.380 e. The summed E-state index contributed by atoms with van der Waals surface area (Å²) in [7, 11) is 0. The van der Waals surface area contributed by atoms with E-state index in [1.807, 2.05) is 109 Å². The third-order valence-electron chi connectivity index (χ3n) is 11.7. The lowest BCUT2D eigenvalue weighted by Gasteiger charge is -2.39. The van der Waals surface area contributed by atoms with Gasteiger partial charge in [0.1, 0.15) is 18.1 Å². The average molecular weight is 821 g/mol. The Balaban J connectivity index is 1.11. The molecule has 5 amide bonds. The first-order valence-corrected chi connectivity index (χ1v) is 22.0. The van der Waals surface area contributed by atoms with E-state index in [2.05, 4.69) is 41.7 Å². The highest BCUT2D eigenvalue weighted by atomic mass is 32.2. The minimum absolute atomic E-state index is 0.0327. The Labute approximate surface area is 350 Å². The van der Waals surface area contributed by atoms with Gasteiger partial charge >= 0.3 is 0 Å². The Hall–Kier alpha value is -5.18. The number of allylic oxidation sites excluding steroid dienone is 4. The van der Waals surface area contributed by atoms with E-state index in [9.17, 15) is 24.0 Å². The number of nitrogens with zero attached hydrogens (tertiary/aromatic N) is 2. The smallest absolute Gasteiger partial charge is 0.243 e. The third kappa shape index (κ3) is 12.0. The molecule has 3 unspecified atom stereocenters. The van der Waals surface area contributed by atoms with Crippen molar-refractivity contribution < 1.29 is 24.0 Å². The van der Waals surface area contributed by atoms with Gasteiger partial charge in [-0.2, -0.15) is 11.8 Å². The van der Waals surface area contributed by atoms with Crippen LogP contribution in [0.25, 0.3) is 0 Å². The summed E-state index contributed by atoms with van der Waals surface area (Å²) in [4.78, 5) is 74.9. The van der Waals surface area contributed by atoms with Crippen LogP contribution in [0, 0.1) is 0 Å². The molecule has 4 aliphatic heterocycles. The zero-order valence-corrected chi connectivity index (χ0v) is 34.3. The Morgan fingerprint density at radius 3 is 2.15 bits per heavy atom. The fourth-order valence-corrected chi connectivity index (χ4v) is 9.40. The summed E-state index contributed by atoms with van der Waals surface area (Å²) in [6.07, 6.45) is 13.9. The monoisotopic (exact) mass is 820 g/mol. The van der Waals surface area contributed by atoms with Gasteiger partial charge in [-0.1, -0.05) is 91.0 Å². The van der Waals surface area contributed by atoms with Crippen LogP contribution in [-0.4, -0.2) is 126 Å². The molecular weight excluding hydrogens is 765 g/mol. The van der Waals surface area contributed by atoms with Crippen molar-refractivity contribution in [3.05, 3.63) is 120 Å². The van der Waals surface area contributed by atoms with E-state index in [1.54, 1.807) is 0 Å². The number of nitrogens with one attached hydrogen (secondary N) is 6. The van der Waals surface area contributed by atoms with Gasteiger partial charge in [0.05, 0.1) is 25.0 Å². The molecule has 312 valence electrons. The molecule has 0 saturated carbocycles. The lowest BCUT2D eigenvalue weighted by Crippen LogP contribution is -2.59. The first kappa shape index (κ1) is 42.0. The van der Waals surface area contributed by atoms with Crippen molar-refractivity contribution in [3.63, 3.8) is 0 Å². The normalized spacial score (nSPS) is 26.4. The predicted molar refractivity (Wildman–Crippen MR) is 230 cm³/mol. The third-order valence-corrected chi connectivity index (χ3v) is 12.6. The second-order valence-corrected chi connectivity index (χ2v) is 17.1. The highest BCUT2D eigenvalue weighted by Crippen LogP contribution is 2.27. The van der Waals surface area contributed by atoms with Gasteiger partial charge in [0, 0.05) is 69.3 Å². The number of likely N-dealkylation sites (tertiary alicyclic amines) is 1. The number of thioether (sulfide) groups is 1. The minimum atomic E-state index is -1.21. The fourth-order valence-electron chi connectivity index (χ4n) is 8.47. The highest BCUT2D eigenvalue weighted by Gasteiger charge is 2.34. The minimum Gasteiger partial charge on any atom is -0.380 e. The van der Waals surface area contributed by atoms with Crippen LogP contribution >= 0.6 is 11.8 Å². The van der Waals surface area contributed by atoms with E-state index in [1.165, 1.54) is 0 Å². The van der Waals surface area contributed by atoms with E-state index in [-0.39, 0.29) is 44.3 Å². The molecule has 14 heteroatoms. The van der Waals surface area contributed by atoms with Gasteiger partial charge < -0.3 is 31.9 Å².